The van der Waals surface area contributed by atoms with Crippen LogP contribution in [0.15, 0.2) is 60.7 Å². The second kappa shape index (κ2) is 7.64. The maximum absolute atomic E-state index is 12.3. The SMILES string of the molecule is O=C(OC[C@H]1C[C@@H](COC(=O)c2ccccc2)[C@@H]2[C@H]1C[C@@H]1O[C@H]21)c1ccccc1. The van der Waals surface area contributed by atoms with Crippen molar-refractivity contribution in [2.45, 2.75) is 25.0 Å². The monoisotopic (exact) mass is 392 g/mol. The molecule has 5 rings (SSSR count). The first kappa shape index (κ1) is 18.4. The highest BCUT2D eigenvalue weighted by Gasteiger charge is 2.62. The number of epoxide rings is 1. The first-order valence-corrected chi connectivity index (χ1v) is 10.3. The van der Waals surface area contributed by atoms with E-state index in [0.717, 1.165) is 12.8 Å². The lowest BCUT2D eigenvalue weighted by molar-refractivity contribution is 0.0374. The van der Waals surface area contributed by atoms with E-state index in [0.29, 0.717) is 48.2 Å². The summed E-state index contributed by atoms with van der Waals surface area (Å²) < 4.78 is 17.0. The molecule has 0 radical (unpaired) electrons. The Bertz CT molecular complexity index is 881. The molecular weight excluding hydrogens is 368 g/mol. The van der Waals surface area contributed by atoms with E-state index in [-0.39, 0.29) is 24.0 Å². The zero-order valence-electron chi connectivity index (χ0n) is 16.1. The number of benzene rings is 2. The predicted molar refractivity (Wildman–Crippen MR) is 105 cm³/mol. The van der Waals surface area contributed by atoms with Crippen LogP contribution in [0.5, 0.6) is 0 Å². The van der Waals surface area contributed by atoms with Crippen LogP contribution in [0.1, 0.15) is 33.6 Å². The summed E-state index contributed by atoms with van der Waals surface area (Å²) in [4.78, 5) is 24.6. The van der Waals surface area contributed by atoms with Gasteiger partial charge in [-0.05, 0) is 60.8 Å². The maximum Gasteiger partial charge on any atom is 0.338 e. The summed E-state index contributed by atoms with van der Waals surface area (Å²) in [6, 6.07) is 18.2. The topological polar surface area (TPSA) is 65.1 Å². The quantitative estimate of drug-likeness (QED) is 0.553. The normalized spacial score (nSPS) is 31.6. The molecular formula is C24H24O5. The number of rotatable bonds is 6. The van der Waals surface area contributed by atoms with Crippen LogP contribution in [0.4, 0.5) is 0 Å². The number of hydrogen-bond acceptors (Lipinski definition) is 5. The Morgan fingerprint density at radius 2 is 1.34 bits per heavy atom. The van der Waals surface area contributed by atoms with E-state index in [1.165, 1.54) is 0 Å². The predicted octanol–water partition coefficient (Wildman–Crippen LogP) is 3.74. The first-order chi connectivity index (χ1) is 14.2. The van der Waals surface area contributed by atoms with Crippen molar-refractivity contribution in [1.82, 2.24) is 0 Å². The highest BCUT2D eigenvalue weighted by atomic mass is 16.6. The second-order valence-electron chi connectivity index (χ2n) is 8.30. The number of carbonyl (C=O) groups excluding carboxylic acids is 2. The van der Waals surface area contributed by atoms with Crippen LogP contribution in [0.25, 0.3) is 0 Å². The van der Waals surface area contributed by atoms with Gasteiger partial charge in [0.25, 0.3) is 0 Å². The highest BCUT2D eigenvalue weighted by Crippen LogP contribution is 2.58. The van der Waals surface area contributed by atoms with Gasteiger partial charge < -0.3 is 14.2 Å². The van der Waals surface area contributed by atoms with Gasteiger partial charge in [0.1, 0.15) is 0 Å². The van der Waals surface area contributed by atoms with Gasteiger partial charge in [-0.2, -0.15) is 0 Å². The molecule has 29 heavy (non-hydrogen) atoms. The summed E-state index contributed by atoms with van der Waals surface area (Å²) in [5, 5.41) is 0. The summed E-state index contributed by atoms with van der Waals surface area (Å²) in [6.45, 7) is 0.808. The lowest BCUT2D eigenvalue weighted by atomic mass is 9.89. The Labute approximate surface area is 170 Å². The summed E-state index contributed by atoms with van der Waals surface area (Å²) in [5.41, 5.74) is 1.15. The van der Waals surface area contributed by atoms with Gasteiger partial charge in [0.15, 0.2) is 0 Å². The number of ether oxygens (including phenoxy) is 3. The maximum atomic E-state index is 12.3. The van der Waals surface area contributed by atoms with E-state index in [1.54, 1.807) is 24.3 Å². The molecule has 2 aromatic carbocycles. The molecule has 0 spiro atoms. The molecule has 0 bridgehead atoms. The smallest absolute Gasteiger partial charge is 0.338 e. The Morgan fingerprint density at radius 1 is 0.793 bits per heavy atom. The van der Waals surface area contributed by atoms with Gasteiger partial charge >= 0.3 is 11.9 Å². The largest absolute Gasteiger partial charge is 0.462 e. The van der Waals surface area contributed by atoms with Crippen molar-refractivity contribution in [3.8, 4) is 0 Å². The molecule has 6 atom stereocenters. The van der Waals surface area contributed by atoms with E-state index in [2.05, 4.69) is 0 Å². The number of hydrogen-bond donors (Lipinski definition) is 0. The highest BCUT2D eigenvalue weighted by molar-refractivity contribution is 5.89. The van der Waals surface area contributed by atoms with Gasteiger partial charge in [0.2, 0.25) is 0 Å². The van der Waals surface area contributed by atoms with Crippen molar-refractivity contribution in [2.75, 3.05) is 13.2 Å². The van der Waals surface area contributed by atoms with E-state index < -0.39 is 0 Å². The minimum atomic E-state index is -0.285. The van der Waals surface area contributed by atoms with Crippen LogP contribution in [0, 0.1) is 23.7 Å². The van der Waals surface area contributed by atoms with E-state index in [9.17, 15) is 9.59 Å². The fraction of sp³-hybridized carbons (Fsp3) is 0.417. The van der Waals surface area contributed by atoms with Crippen LogP contribution in [-0.2, 0) is 14.2 Å². The molecule has 5 nitrogen and oxygen atoms in total. The lowest BCUT2D eigenvalue weighted by Crippen LogP contribution is -2.23. The van der Waals surface area contributed by atoms with E-state index in [1.807, 2.05) is 36.4 Å². The van der Waals surface area contributed by atoms with E-state index >= 15 is 0 Å². The summed E-state index contributed by atoms with van der Waals surface area (Å²) >= 11 is 0. The van der Waals surface area contributed by atoms with Gasteiger partial charge in [-0.25, -0.2) is 9.59 Å². The lowest BCUT2D eigenvalue weighted by Gasteiger charge is -2.21. The Kier molecular flexibility index (Phi) is 4.84. The van der Waals surface area contributed by atoms with Gasteiger partial charge in [-0.3, -0.25) is 0 Å². The molecule has 150 valence electrons. The van der Waals surface area contributed by atoms with E-state index in [4.69, 9.17) is 14.2 Å². The van der Waals surface area contributed by atoms with Crippen molar-refractivity contribution in [3.63, 3.8) is 0 Å². The van der Waals surface area contributed by atoms with Gasteiger partial charge in [-0.15, -0.1) is 0 Å². The molecule has 0 unspecified atom stereocenters. The fourth-order valence-electron chi connectivity index (χ4n) is 5.25. The third-order valence-electron chi connectivity index (χ3n) is 6.63. The molecule has 1 aliphatic heterocycles. The second-order valence-corrected chi connectivity index (χ2v) is 8.30. The Morgan fingerprint density at radius 3 is 1.93 bits per heavy atom. The number of esters is 2. The molecule has 1 heterocycles. The average molecular weight is 392 g/mol. The summed E-state index contributed by atoms with van der Waals surface area (Å²) in [6.07, 6.45) is 2.54. The molecule has 3 aliphatic rings. The summed E-state index contributed by atoms with van der Waals surface area (Å²) in [5.74, 6) is 0.856. The molecule has 0 aromatic heterocycles. The zero-order valence-corrected chi connectivity index (χ0v) is 16.1. The number of carbonyl (C=O) groups is 2. The molecule has 0 amide bonds. The third-order valence-corrected chi connectivity index (χ3v) is 6.63. The van der Waals surface area contributed by atoms with Crippen molar-refractivity contribution in [3.05, 3.63) is 71.8 Å². The van der Waals surface area contributed by atoms with Gasteiger partial charge in [-0.1, -0.05) is 36.4 Å². The van der Waals surface area contributed by atoms with Crippen LogP contribution >= 0.6 is 0 Å². The van der Waals surface area contributed by atoms with Crippen molar-refractivity contribution in [1.29, 1.82) is 0 Å². The molecule has 2 aromatic rings. The van der Waals surface area contributed by atoms with Gasteiger partial charge in [0, 0.05) is 0 Å². The Hall–Kier alpha value is -2.66. The van der Waals surface area contributed by atoms with Gasteiger partial charge in [0.05, 0.1) is 36.5 Å². The molecule has 5 heteroatoms. The minimum Gasteiger partial charge on any atom is -0.462 e. The third kappa shape index (κ3) is 3.67. The van der Waals surface area contributed by atoms with Crippen LogP contribution < -0.4 is 0 Å². The molecule has 0 N–H and O–H groups in total. The standard InChI is InChI=1S/C24H24O5/c25-23(15-7-3-1-4-8-15)27-13-17-11-18(21-19(17)12-20-22(21)29-20)14-28-24(26)16-9-5-2-6-10-16/h1-10,17-22H,11-14H2/t17-,18+,19+,20+,21-,22+/m1/s1. The molecule has 2 saturated carbocycles. The van der Waals surface area contributed by atoms with Crippen molar-refractivity contribution in [2.24, 2.45) is 23.7 Å². The minimum absolute atomic E-state index is 0.255. The number of fused-ring (bicyclic) bond motifs is 3. The molecule has 2 aliphatic carbocycles. The fourth-order valence-corrected chi connectivity index (χ4v) is 5.25. The van der Waals surface area contributed by atoms with Crippen LogP contribution in [0.3, 0.4) is 0 Å². The zero-order chi connectivity index (χ0) is 19.8. The van der Waals surface area contributed by atoms with Crippen molar-refractivity contribution < 1.29 is 23.8 Å². The molecule has 1 saturated heterocycles. The average Bonchev–Trinajstić information content (AvgIpc) is 3.30. The van der Waals surface area contributed by atoms with Crippen LogP contribution in [-0.4, -0.2) is 37.4 Å². The Balaban J connectivity index is 1.20. The molecule has 3 fully saturated rings. The summed E-state index contributed by atoms with van der Waals surface area (Å²) in [7, 11) is 0. The first-order valence-electron chi connectivity index (χ1n) is 10.3. The van der Waals surface area contributed by atoms with Crippen LogP contribution in [0.2, 0.25) is 0 Å². The van der Waals surface area contributed by atoms with Crippen molar-refractivity contribution >= 4 is 11.9 Å².